The van der Waals surface area contributed by atoms with Gasteiger partial charge in [-0.3, -0.25) is 4.68 Å². The Morgan fingerprint density at radius 3 is 2.85 bits per heavy atom. The Bertz CT molecular complexity index is 542. The molecule has 0 spiro atoms. The molecule has 7 nitrogen and oxygen atoms in total. The van der Waals surface area contributed by atoms with Crippen LogP contribution in [0.4, 0.5) is 0 Å². The van der Waals surface area contributed by atoms with E-state index in [-0.39, 0.29) is 10.9 Å². The molecule has 8 heteroatoms. The molecule has 1 unspecified atom stereocenters. The summed E-state index contributed by atoms with van der Waals surface area (Å²) in [5.41, 5.74) is 0. The van der Waals surface area contributed by atoms with Crippen LogP contribution in [0.25, 0.3) is 0 Å². The van der Waals surface area contributed by atoms with Crippen molar-refractivity contribution in [1.82, 2.24) is 24.3 Å². The van der Waals surface area contributed by atoms with Crippen LogP contribution in [0.3, 0.4) is 0 Å². The summed E-state index contributed by atoms with van der Waals surface area (Å²) in [4.78, 5) is 2.43. The van der Waals surface area contributed by atoms with Crippen LogP contribution in [0, 0.1) is 0 Å². The first-order valence-corrected chi connectivity index (χ1v) is 8.26. The molecule has 0 aromatic carbocycles. The average Bonchev–Trinajstić information content (AvgIpc) is 2.85. The fourth-order valence-corrected chi connectivity index (χ4v) is 4.01. The number of sulfonamides is 1. The zero-order valence-corrected chi connectivity index (χ0v) is 13.1. The van der Waals surface area contributed by atoms with Gasteiger partial charge in [0.15, 0.2) is 0 Å². The molecule has 1 N–H and O–H groups in total. The predicted molar refractivity (Wildman–Crippen MR) is 77.0 cm³/mol. The molecule has 1 saturated heterocycles. The Morgan fingerprint density at radius 1 is 1.45 bits per heavy atom. The second-order valence-electron chi connectivity index (χ2n) is 5.27. The van der Waals surface area contributed by atoms with Gasteiger partial charge < -0.3 is 10.2 Å². The van der Waals surface area contributed by atoms with Crippen molar-refractivity contribution in [3.63, 3.8) is 0 Å². The molecule has 1 atom stereocenters. The van der Waals surface area contributed by atoms with Gasteiger partial charge in [0.2, 0.25) is 10.0 Å². The third-order valence-electron chi connectivity index (χ3n) is 3.58. The maximum atomic E-state index is 12.6. The van der Waals surface area contributed by atoms with Crippen molar-refractivity contribution >= 4 is 10.0 Å². The lowest BCUT2D eigenvalue weighted by molar-refractivity contribution is 0.170. The summed E-state index contributed by atoms with van der Waals surface area (Å²) in [5, 5.41) is 7.13. The number of rotatable bonds is 5. The largest absolute Gasteiger partial charge is 0.318 e. The monoisotopic (exact) mass is 301 g/mol. The first-order valence-electron chi connectivity index (χ1n) is 6.82. The van der Waals surface area contributed by atoms with E-state index in [1.54, 1.807) is 15.2 Å². The molecule has 0 radical (unpaired) electrons. The van der Waals surface area contributed by atoms with Crippen molar-refractivity contribution in [3.8, 4) is 0 Å². The molecule has 0 bridgehead atoms. The number of aromatic nitrogens is 2. The van der Waals surface area contributed by atoms with E-state index in [1.165, 1.54) is 6.20 Å². The van der Waals surface area contributed by atoms with Crippen molar-refractivity contribution in [2.75, 3.05) is 40.3 Å². The summed E-state index contributed by atoms with van der Waals surface area (Å²) in [6.07, 6.45) is 3.05. The normalized spacial score (nSPS) is 22.2. The lowest BCUT2D eigenvalue weighted by atomic mass is 10.2. The van der Waals surface area contributed by atoms with Crippen molar-refractivity contribution < 1.29 is 8.42 Å². The Kier molecular flexibility index (Phi) is 4.79. The van der Waals surface area contributed by atoms with Crippen LogP contribution >= 0.6 is 0 Å². The number of likely N-dealkylation sites (N-methyl/N-ethyl adjacent to an activating group) is 2. The molecule has 20 heavy (non-hydrogen) atoms. The molecule has 1 aromatic rings. The van der Waals surface area contributed by atoms with E-state index in [9.17, 15) is 8.42 Å². The maximum Gasteiger partial charge on any atom is 0.246 e. The summed E-state index contributed by atoms with van der Waals surface area (Å²) in [6.45, 7) is 5.40. The molecular weight excluding hydrogens is 278 g/mol. The lowest BCUT2D eigenvalue weighted by Crippen LogP contribution is -2.52. The van der Waals surface area contributed by atoms with Gasteiger partial charge in [-0.05, 0) is 21.0 Å². The van der Waals surface area contributed by atoms with Gasteiger partial charge in [0.1, 0.15) is 4.90 Å². The van der Waals surface area contributed by atoms with Gasteiger partial charge in [-0.15, -0.1) is 0 Å². The zero-order chi connectivity index (χ0) is 14.8. The number of piperazine rings is 1. The van der Waals surface area contributed by atoms with E-state index >= 15 is 0 Å². The minimum atomic E-state index is -3.44. The highest BCUT2D eigenvalue weighted by Crippen LogP contribution is 2.20. The topological polar surface area (TPSA) is 70.5 Å². The summed E-state index contributed by atoms with van der Waals surface area (Å²) >= 11 is 0. The zero-order valence-electron chi connectivity index (χ0n) is 12.3. The molecule has 1 aliphatic heterocycles. The number of nitrogens with one attached hydrogen (secondary N) is 1. The third-order valence-corrected chi connectivity index (χ3v) is 5.54. The molecule has 114 valence electrons. The third kappa shape index (κ3) is 3.20. The number of hydrogen-bond donors (Lipinski definition) is 1. The predicted octanol–water partition coefficient (Wildman–Crippen LogP) is -0.573. The van der Waals surface area contributed by atoms with Crippen LogP contribution in [0.15, 0.2) is 17.3 Å². The molecule has 0 saturated carbocycles. The van der Waals surface area contributed by atoms with Crippen LogP contribution < -0.4 is 5.32 Å². The maximum absolute atomic E-state index is 12.6. The van der Waals surface area contributed by atoms with Gasteiger partial charge in [-0.2, -0.15) is 9.40 Å². The van der Waals surface area contributed by atoms with Crippen molar-refractivity contribution in [1.29, 1.82) is 0 Å². The molecule has 2 rings (SSSR count). The van der Waals surface area contributed by atoms with Gasteiger partial charge in [-0.25, -0.2) is 8.42 Å². The summed E-state index contributed by atoms with van der Waals surface area (Å²) < 4.78 is 28.5. The fraction of sp³-hybridized carbons (Fsp3) is 0.750. The Labute approximate surface area is 120 Å². The second kappa shape index (κ2) is 6.21. The van der Waals surface area contributed by atoms with Gasteiger partial charge in [0, 0.05) is 38.4 Å². The average molecular weight is 301 g/mol. The standard InChI is InChI=1S/C12H23N5O2S/c1-11-9-15(3)6-7-17(11)20(18,19)12-8-14-16(10-12)5-4-13-2/h8,10-11,13H,4-7,9H2,1-3H3. The van der Waals surface area contributed by atoms with Crippen LogP contribution in [-0.4, -0.2) is 73.7 Å². The van der Waals surface area contributed by atoms with Crippen LogP contribution in [-0.2, 0) is 16.6 Å². The van der Waals surface area contributed by atoms with Crippen LogP contribution in [0.1, 0.15) is 6.92 Å². The molecular formula is C12H23N5O2S. The van der Waals surface area contributed by atoms with E-state index in [4.69, 9.17) is 0 Å². The quantitative estimate of drug-likeness (QED) is 0.788. The highest BCUT2D eigenvalue weighted by Gasteiger charge is 2.33. The van der Waals surface area contributed by atoms with Gasteiger partial charge >= 0.3 is 0 Å². The van der Waals surface area contributed by atoms with Crippen molar-refractivity contribution in [3.05, 3.63) is 12.4 Å². The molecule has 1 aliphatic rings. The van der Waals surface area contributed by atoms with Crippen LogP contribution in [0.5, 0.6) is 0 Å². The van der Waals surface area contributed by atoms with E-state index in [0.29, 0.717) is 13.1 Å². The fourth-order valence-electron chi connectivity index (χ4n) is 2.44. The van der Waals surface area contributed by atoms with E-state index in [1.807, 2.05) is 21.0 Å². The van der Waals surface area contributed by atoms with E-state index < -0.39 is 10.0 Å². The summed E-state index contributed by atoms with van der Waals surface area (Å²) in [5.74, 6) is 0. The van der Waals surface area contributed by atoms with Gasteiger partial charge in [0.05, 0.1) is 12.7 Å². The van der Waals surface area contributed by atoms with Crippen molar-refractivity contribution in [2.45, 2.75) is 24.4 Å². The Hall–Kier alpha value is -0.960. The van der Waals surface area contributed by atoms with E-state index in [0.717, 1.165) is 19.6 Å². The first-order chi connectivity index (χ1) is 9.45. The Morgan fingerprint density at radius 2 is 2.20 bits per heavy atom. The molecule has 1 aromatic heterocycles. The number of nitrogens with zero attached hydrogens (tertiary/aromatic N) is 4. The molecule has 1 fully saturated rings. The summed E-state index contributed by atoms with van der Waals surface area (Å²) in [7, 11) is 0.428. The van der Waals surface area contributed by atoms with Gasteiger partial charge in [0.25, 0.3) is 0 Å². The summed E-state index contributed by atoms with van der Waals surface area (Å²) in [6, 6.07) is -0.0144. The first kappa shape index (κ1) is 15.4. The van der Waals surface area contributed by atoms with Crippen molar-refractivity contribution in [2.24, 2.45) is 0 Å². The van der Waals surface area contributed by atoms with Crippen LogP contribution in [0.2, 0.25) is 0 Å². The lowest BCUT2D eigenvalue weighted by Gasteiger charge is -2.36. The second-order valence-corrected chi connectivity index (χ2v) is 7.16. The highest BCUT2D eigenvalue weighted by atomic mass is 32.2. The number of hydrogen-bond acceptors (Lipinski definition) is 5. The minimum Gasteiger partial charge on any atom is -0.318 e. The Balaban J connectivity index is 2.15. The molecule has 0 aliphatic carbocycles. The minimum absolute atomic E-state index is 0.0144. The SMILES string of the molecule is CNCCn1cc(S(=O)(=O)N2CCN(C)CC2C)cn1. The highest BCUT2D eigenvalue weighted by molar-refractivity contribution is 7.89. The smallest absolute Gasteiger partial charge is 0.246 e. The molecule has 0 amide bonds. The molecule has 2 heterocycles. The van der Waals surface area contributed by atoms with Gasteiger partial charge in [-0.1, -0.05) is 0 Å². The van der Waals surface area contributed by atoms with E-state index in [2.05, 4.69) is 15.3 Å².